The van der Waals surface area contributed by atoms with E-state index in [0.717, 1.165) is 10.9 Å². The summed E-state index contributed by atoms with van der Waals surface area (Å²) in [4.78, 5) is 15.0. The van der Waals surface area contributed by atoms with E-state index in [9.17, 15) is 18.0 Å². The van der Waals surface area contributed by atoms with Crippen molar-refractivity contribution in [3.8, 4) is 0 Å². The maximum absolute atomic E-state index is 12.9. The zero-order chi connectivity index (χ0) is 15.6. The third-order valence-corrected chi connectivity index (χ3v) is 4.02. The van der Waals surface area contributed by atoms with E-state index in [1.165, 1.54) is 41.5 Å². The molecule has 6 heteroatoms. The standard InChI is InChI=1S/C15H14F3NOS/c1-10-7-8-13(21-10)14(20)19(2)9-11-5-3-4-6-12(11)15(16,17)18/h3-8H,9H2,1-2H3. The molecule has 1 amide bonds. The van der Waals surface area contributed by atoms with Crippen LogP contribution in [0.25, 0.3) is 0 Å². The highest BCUT2D eigenvalue weighted by molar-refractivity contribution is 7.13. The third kappa shape index (κ3) is 3.64. The molecule has 0 unspecified atom stereocenters. The van der Waals surface area contributed by atoms with E-state index in [-0.39, 0.29) is 18.0 Å². The summed E-state index contributed by atoms with van der Waals surface area (Å²) in [5.41, 5.74) is -0.610. The minimum absolute atomic E-state index is 0.0779. The molecule has 0 aliphatic rings. The number of aryl methyl sites for hydroxylation is 1. The number of halogens is 3. The Balaban J connectivity index is 2.20. The van der Waals surface area contributed by atoms with Gasteiger partial charge in [-0.2, -0.15) is 13.2 Å². The minimum atomic E-state index is -4.42. The summed E-state index contributed by atoms with van der Waals surface area (Å²) in [5, 5.41) is 0. The Morgan fingerprint density at radius 1 is 1.19 bits per heavy atom. The van der Waals surface area contributed by atoms with E-state index in [1.54, 1.807) is 6.07 Å². The Labute approximate surface area is 124 Å². The number of amides is 1. The molecule has 1 heterocycles. The van der Waals surface area contributed by atoms with Gasteiger partial charge in [-0.25, -0.2) is 0 Å². The van der Waals surface area contributed by atoms with Crippen LogP contribution >= 0.6 is 11.3 Å². The van der Waals surface area contributed by atoms with Crippen molar-refractivity contribution in [2.45, 2.75) is 19.6 Å². The smallest absolute Gasteiger partial charge is 0.337 e. The Bertz CT molecular complexity index is 648. The van der Waals surface area contributed by atoms with Gasteiger partial charge in [0.1, 0.15) is 0 Å². The van der Waals surface area contributed by atoms with Gasteiger partial charge in [0.05, 0.1) is 10.4 Å². The first-order valence-corrected chi connectivity index (χ1v) is 7.07. The van der Waals surface area contributed by atoms with Gasteiger partial charge in [-0.05, 0) is 30.7 Å². The van der Waals surface area contributed by atoms with Crippen LogP contribution in [0.2, 0.25) is 0 Å². The molecular formula is C15H14F3NOS. The molecule has 0 spiro atoms. The lowest BCUT2D eigenvalue weighted by atomic mass is 10.1. The quantitative estimate of drug-likeness (QED) is 0.825. The summed E-state index contributed by atoms with van der Waals surface area (Å²) in [6.45, 7) is 1.80. The first-order valence-electron chi connectivity index (χ1n) is 6.26. The van der Waals surface area contributed by atoms with Crippen LogP contribution in [0.15, 0.2) is 36.4 Å². The van der Waals surface area contributed by atoms with Gasteiger partial charge in [0.2, 0.25) is 0 Å². The molecule has 0 radical (unpaired) electrons. The molecule has 112 valence electrons. The van der Waals surface area contributed by atoms with Gasteiger partial charge in [0, 0.05) is 18.5 Å². The SMILES string of the molecule is Cc1ccc(C(=O)N(C)Cc2ccccc2C(F)(F)F)s1. The summed E-state index contributed by atoms with van der Waals surface area (Å²) in [7, 11) is 1.50. The van der Waals surface area contributed by atoms with Gasteiger partial charge >= 0.3 is 6.18 Å². The molecule has 0 saturated heterocycles. The maximum Gasteiger partial charge on any atom is 0.416 e. The van der Waals surface area contributed by atoms with Crippen LogP contribution in [0.5, 0.6) is 0 Å². The number of nitrogens with zero attached hydrogens (tertiary/aromatic N) is 1. The van der Waals surface area contributed by atoms with Crippen molar-refractivity contribution in [1.82, 2.24) is 4.90 Å². The van der Waals surface area contributed by atoms with Crippen molar-refractivity contribution in [3.05, 3.63) is 57.3 Å². The van der Waals surface area contributed by atoms with Crippen LogP contribution in [0.3, 0.4) is 0 Å². The van der Waals surface area contributed by atoms with E-state index in [1.807, 2.05) is 13.0 Å². The van der Waals surface area contributed by atoms with Gasteiger partial charge in [-0.3, -0.25) is 4.79 Å². The van der Waals surface area contributed by atoms with Crippen molar-refractivity contribution < 1.29 is 18.0 Å². The predicted octanol–water partition coefficient (Wildman–Crippen LogP) is 4.35. The summed E-state index contributed by atoms with van der Waals surface area (Å²) in [5.74, 6) is -0.273. The second kappa shape index (κ2) is 5.89. The van der Waals surface area contributed by atoms with Crippen molar-refractivity contribution in [2.75, 3.05) is 7.05 Å². The third-order valence-electron chi connectivity index (χ3n) is 3.03. The van der Waals surface area contributed by atoms with Crippen LogP contribution in [-0.4, -0.2) is 17.9 Å². The van der Waals surface area contributed by atoms with Crippen molar-refractivity contribution >= 4 is 17.2 Å². The maximum atomic E-state index is 12.9. The van der Waals surface area contributed by atoms with Gasteiger partial charge < -0.3 is 4.90 Å². The Kier molecular flexibility index (Phi) is 4.37. The zero-order valence-electron chi connectivity index (χ0n) is 11.6. The van der Waals surface area contributed by atoms with Crippen LogP contribution in [0, 0.1) is 6.92 Å². The topological polar surface area (TPSA) is 20.3 Å². The summed E-state index contributed by atoms with van der Waals surface area (Å²) < 4.78 is 38.8. The lowest BCUT2D eigenvalue weighted by molar-refractivity contribution is -0.138. The van der Waals surface area contributed by atoms with Crippen LogP contribution < -0.4 is 0 Å². The highest BCUT2D eigenvalue weighted by Crippen LogP contribution is 2.32. The lowest BCUT2D eigenvalue weighted by Gasteiger charge is -2.19. The Hall–Kier alpha value is -1.82. The van der Waals surface area contributed by atoms with Crippen molar-refractivity contribution in [3.63, 3.8) is 0 Å². The molecular weight excluding hydrogens is 299 g/mol. The lowest BCUT2D eigenvalue weighted by Crippen LogP contribution is -2.26. The largest absolute Gasteiger partial charge is 0.416 e. The van der Waals surface area contributed by atoms with Crippen LogP contribution in [0.1, 0.15) is 25.7 Å². The number of rotatable bonds is 3. The van der Waals surface area contributed by atoms with Gasteiger partial charge in [-0.15, -0.1) is 11.3 Å². The molecule has 0 fully saturated rings. The normalized spacial score (nSPS) is 11.5. The number of benzene rings is 1. The molecule has 2 rings (SSSR count). The number of hydrogen-bond acceptors (Lipinski definition) is 2. The molecule has 0 aliphatic carbocycles. The Morgan fingerprint density at radius 3 is 2.43 bits per heavy atom. The molecule has 0 aliphatic heterocycles. The first kappa shape index (κ1) is 15.6. The number of thiophene rings is 1. The van der Waals surface area contributed by atoms with E-state index < -0.39 is 11.7 Å². The fourth-order valence-electron chi connectivity index (χ4n) is 2.00. The van der Waals surface area contributed by atoms with Crippen molar-refractivity contribution in [1.29, 1.82) is 0 Å². The average Bonchev–Trinajstić information content (AvgIpc) is 2.84. The molecule has 0 N–H and O–H groups in total. The molecule has 2 nitrogen and oxygen atoms in total. The highest BCUT2D eigenvalue weighted by Gasteiger charge is 2.33. The molecule has 1 aromatic heterocycles. The molecule has 0 bridgehead atoms. The zero-order valence-corrected chi connectivity index (χ0v) is 12.4. The predicted molar refractivity (Wildman–Crippen MR) is 76.3 cm³/mol. The average molecular weight is 313 g/mol. The van der Waals surface area contributed by atoms with Gasteiger partial charge in [0.25, 0.3) is 5.91 Å². The monoisotopic (exact) mass is 313 g/mol. The molecule has 0 atom stereocenters. The van der Waals surface area contributed by atoms with E-state index in [0.29, 0.717) is 4.88 Å². The fraction of sp³-hybridized carbons (Fsp3) is 0.267. The van der Waals surface area contributed by atoms with Crippen LogP contribution in [0.4, 0.5) is 13.2 Å². The second-order valence-electron chi connectivity index (χ2n) is 4.73. The van der Waals surface area contributed by atoms with E-state index in [4.69, 9.17) is 0 Å². The summed E-state index contributed by atoms with van der Waals surface area (Å²) in [6, 6.07) is 8.81. The summed E-state index contributed by atoms with van der Waals surface area (Å²) >= 11 is 1.33. The van der Waals surface area contributed by atoms with Crippen LogP contribution in [-0.2, 0) is 12.7 Å². The van der Waals surface area contributed by atoms with Crippen molar-refractivity contribution in [2.24, 2.45) is 0 Å². The highest BCUT2D eigenvalue weighted by atomic mass is 32.1. The Morgan fingerprint density at radius 2 is 1.86 bits per heavy atom. The summed E-state index contributed by atoms with van der Waals surface area (Å²) in [6.07, 6.45) is -4.42. The molecule has 21 heavy (non-hydrogen) atoms. The number of carbonyl (C=O) groups is 1. The number of hydrogen-bond donors (Lipinski definition) is 0. The van der Waals surface area contributed by atoms with E-state index in [2.05, 4.69) is 0 Å². The fourth-order valence-corrected chi connectivity index (χ4v) is 2.86. The molecule has 1 aromatic carbocycles. The van der Waals surface area contributed by atoms with E-state index >= 15 is 0 Å². The minimum Gasteiger partial charge on any atom is -0.337 e. The molecule has 2 aromatic rings. The second-order valence-corrected chi connectivity index (χ2v) is 6.01. The number of carbonyl (C=O) groups excluding carboxylic acids is 1. The number of alkyl halides is 3. The molecule has 0 saturated carbocycles. The first-order chi connectivity index (χ1) is 9.79. The van der Waals surface area contributed by atoms with Gasteiger partial charge in [-0.1, -0.05) is 18.2 Å². The van der Waals surface area contributed by atoms with Gasteiger partial charge in [0.15, 0.2) is 0 Å².